The number of nitrogens with zero attached hydrogens (tertiary/aromatic N) is 1. The first-order valence-electron chi connectivity index (χ1n) is 8.78. The van der Waals surface area contributed by atoms with E-state index >= 15 is 0 Å². The van der Waals surface area contributed by atoms with E-state index in [1.165, 1.54) is 45.2 Å². The molecular weight excluding hydrogens is 244 g/mol. The molecule has 2 rings (SSSR count). The molecule has 1 saturated heterocycles. The van der Waals surface area contributed by atoms with Gasteiger partial charge in [0, 0.05) is 18.6 Å². The fourth-order valence-corrected chi connectivity index (χ4v) is 4.26. The van der Waals surface area contributed by atoms with Gasteiger partial charge in [-0.3, -0.25) is 0 Å². The lowest BCUT2D eigenvalue weighted by molar-refractivity contribution is 0.0552. The van der Waals surface area contributed by atoms with Gasteiger partial charge in [-0.1, -0.05) is 27.7 Å². The molecule has 118 valence electrons. The molecule has 1 aliphatic carbocycles. The van der Waals surface area contributed by atoms with Crippen LogP contribution in [0.25, 0.3) is 0 Å². The van der Waals surface area contributed by atoms with Gasteiger partial charge in [-0.25, -0.2) is 0 Å². The molecule has 0 amide bonds. The minimum Gasteiger partial charge on any atom is -0.327 e. The van der Waals surface area contributed by atoms with E-state index in [9.17, 15) is 0 Å². The third-order valence-corrected chi connectivity index (χ3v) is 6.24. The monoisotopic (exact) mass is 280 g/mol. The van der Waals surface area contributed by atoms with E-state index in [1.54, 1.807) is 0 Å². The average Bonchev–Trinajstić information content (AvgIpc) is 2.36. The lowest BCUT2D eigenvalue weighted by Gasteiger charge is -2.45. The molecule has 2 aliphatic rings. The van der Waals surface area contributed by atoms with Gasteiger partial charge < -0.3 is 10.6 Å². The zero-order chi connectivity index (χ0) is 14.9. The summed E-state index contributed by atoms with van der Waals surface area (Å²) in [5.41, 5.74) is 6.90. The van der Waals surface area contributed by atoms with Crippen LogP contribution in [0.5, 0.6) is 0 Å². The molecule has 0 radical (unpaired) electrons. The van der Waals surface area contributed by atoms with E-state index in [2.05, 4.69) is 39.5 Å². The van der Waals surface area contributed by atoms with E-state index in [4.69, 9.17) is 5.73 Å². The smallest absolute Gasteiger partial charge is 0.00926 e. The molecule has 5 unspecified atom stereocenters. The van der Waals surface area contributed by atoms with E-state index < -0.39 is 0 Å². The Balaban J connectivity index is 1.96. The van der Waals surface area contributed by atoms with Crippen molar-refractivity contribution < 1.29 is 0 Å². The molecule has 0 aromatic heterocycles. The first-order chi connectivity index (χ1) is 9.29. The zero-order valence-corrected chi connectivity index (χ0v) is 14.4. The largest absolute Gasteiger partial charge is 0.327 e. The van der Waals surface area contributed by atoms with Crippen molar-refractivity contribution in [1.82, 2.24) is 4.90 Å². The molecular formula is C18H36N2. The molecule has 1 saturated carbocycles. The average molecular weight is 280 g/mol. The quantitative estimate of drug-likeness (QED) is 0.831. The summed E-state index contributed by atoms with van der Waals surface area (Å²) in [4.78, 5) is 2.73. The van der Waals surface area contributed by atoms with Crippen molar-refractivity contribution in [3.05, 3.63) is 0 Å². The molecule has 2 heteroatoms. The highest BCUT2D eigenvalue weighted by Gasteiger charge is 2.36. The van der Waals surface area contributed by atoms with Crippen molar-refractivity contribution in [2.75, 3.05) is 13.1 Å². The third kappa shape index (κ3) is 3.76. The van der Waals surface area contributed by atoms with E-state index in [0.717, 1.165) is 17.9 Å². The normalized spacial score (nSPS) is 40.8. The summed E-state index contributed by atoms with van der Waals surface area (Å²) in [5, 5.41) is 0. The Morgan fingerprint density at radius 3 is 2.45 bits per heavy atom. The Morgan fingerprint density at radius 1 is 1.10 bits per heavy atom. The Labute approximate surface area is 126 Å². The molecule has 0 spiro atoms. The maximum absolute atomic E-state index is 6.46. The van der Waals surface area contributed by atoms with E-state index in [-0.39, 0.29) is 0 Å². The topological polar surface area (TPSA) is 29.3 Å². The highest BCUT2D eigenvalue weighted by atomic mass is 15.2. The second-order valence-electron chi connectivity index (χ2n) is 8.65. The Morgan fingerprint density at radius 2 is 1.80 bits per heavy atom. The fourth-order valence-electron chi connectivity index (χ4n) is 4.26. The first kappa shape index (κ1) is 16.3. The van der Waals surface area contributed by atoms with Crippen LogP contribution < -0.4 is 5.73 Å². The van der Waals surface area contributed by atoms with Gasteiger partial charge in [0.1, 0.15) is 0 Å². The van der Waals surface area contributed by atoms with Crippen molar-refractivity contribution in [2.24, 2.45) is 28.9 Å². The summed E-state index contributed by atoms with van der Waals surface area (Å²) in [5.74, 6) is 2.41. The molecule has 0 aromatic carbocycles. The standard InChI is InChI=1S/C18H36N2/c1-13-7-6-10-20(14(13)2)12-15-11-16(18(3,4)5)8-9-17(15)19/h13-17H,6-12,19H2,1-5H3. The molecule has 1 heterocycles. The van der Waals surface area contributed by atoms with Gasteiger partial charge >= 0.3 is 0 Å². The Kier molecular flexibility index (Phi) is 5.18. The van der Waals surface area contributed by atoms with Crippen LogP contribution in [0.2, 0.25) is 0 Å². The van der Waals surface area contributed by atoms with Gasteiger partial charge in [0.05, 0.1) is 0 Å². The summed E-state index contributed by atoms with van der Waals surface area (Å²) < 4.78 is 0. The second-order valence-corrected chi connectivity index (χ2v) is 8.65. The molecule has 0 aromatic rings. The molecule has 2 N–H and O–H groups in total. The van der Waals surface area contributed by atoms with Gasteiger partial charge in [0.15, 0.2) is 0 Å². The summed E-state index contributed by atoms with van der Waals surface area (Å²) in [7, 11) is 0. The number of hydrogen-bond acceptors (Lipinski definition) is 2. The van der Waals surface area contributed by atoms with Crippen molar-refractivity contribution in [3.63, 3.8) is 0 Å². The minimum absolute atomic E-state index is 0.429. The molecule has 1 aliphatic heterocycles. The maximum atomic E-state index is 6.46. The lowest BCUT2D eigenvalue weighted by atomic mass is 9.67. The summed E-state index contributed by atoms with van der Waals surface area (Å²) in [6.45, 7) is 14.6. The molecule has 2 nitrogen and oxygen atoms in total. The van der Waals surface area contributed by atoms with Crippen LogP contribution in [0.1, 0.15) is 66.7 Å². The van der Waals surface area contributed by atoms with Gasteiger partial charge in [-0.05, 0) is 68.7 Å². The minimum atomic E-state index is 0.429. The molecule has 5 atom stereocenters. The summed E-state index contributed by atoms with van der Waals surface area (Å²) >= 11 is 0. The summed E-state index contributed by atoms with van der Waals surface area (Å²) in [6, 6.07) is 1.17. The third-order valence-electron chi connectivity index (χ3n) is 6.24. The van der Waals surface area contributed by atoms with E-state index in [1.807, 2.05) is 0 Å². The number of rotatable bonds is 2. The zero-order valence-electron chi connectivity index (χ0n) is 14.4. The van der Waals surface area contributed by atoms with E-state index in [0.29, 0.717) is 17.4 Å². The second kappa shape index (κ2) is 6.36. The predicted octanol–water partition coefficient (Wildman–Crippen LogP) is 3.90. The van der Waals surface area contributed by atoms with Crippen LogP contribution >= 0.6 is 0 Å². The summed E-state index contributed by atoms with van der Waals surface area (Å²) in [6.07, 6.45) is 6.66. The van der Waals surface area contributed by atoms with Crippen LogP contribution in [0.4, 0.5) is 0 Å². The highest BCUT2D eigenvalue weighted by Crippen LogP contribution is 2.40. The van der Waals surface area contributed by atoms with Gasteiger partial charge in [0.2, 0.25) is 0 Å². The van der Waals surface area contributed by atoms with Crippen molar-refractivity contribution in [2.45, 2.75) is 78.8 Å². The fraction of sp³-hybridized carbons (Fsp3) is 1.00. The molecule has 2 fully saturated rings. The van der Waals surface area contributed by atoms with Gasteiger partial charge in [-0.2, -0.15) is 0 Å². The lowest BCUT2D eigenvalue weighted by Crippen LogP contribution is -2.50. The van der Waals surface area contributed by atoms with Crippen LogP contribution in [-0.4, -0.2) is 30.1 Å². The SMILES string of the molecule is CC1CCCN(CC2CC(C(C)(C)C)CCC2N)C1C. The maximum Gasteiger partial charge on any atom is 0.00926 e. The van der Waals surface area contributed by atoms with Gasteiger partial charge in [0.25, 0.3) is 0 Å². The van der Waals surface area contributed by atoms with Gasteiger partial charge in [-0.15, -0.1) is 0 Å². The van der Waals surface area contributed by atoms with Crippen LogP contribution in [0.3, 0.4) is 0 Å². The van der Waals surface area contributed by atoms with Crippen LogP contribution in [-0.2, 0) is 0 Å². The Bertz CT molecular complexity index is 307. The highest BCUT2D eigenvalue weighted by molar-refractivity contribution is 4.90. The van der Waals surface area contributed by atoms with Crippen LogP contribution in [0, 0.1) is 23.2 Å². The number of hydrogen-bond donors (Lipinski definition) is 1. The molecule has 20 heavy (non-hydrogen) atoms. The van der Waals surface area contributed by atoms with Crippen molar-refractivity contribution >= 4 is 0 Å². The Hall–Kier alpha value is -0.0800. The molecule has 0 bridgehead atoms. The number of nitrogens with two attached hydrogens (primary N) is 1. The number of piperidine rings is 1. The van der Waals surface area contributed by atoms with Crippen LogP contribution in [0.15, 0.2) is 0 Å². The van der Waals surface area contributed by atoms with Crippen molar-refractivity contribution in [3.8, 4) is 0 Å². The first-order valence-corrected chi connectivity index (χ1v) is 8.78. The van der Waals surface area contributed by atoms with Crippen molar-refractivity contribution in [1.29, 1.82) is 0 Å². The number of likely N-dealkylation sites (tertiary alicyclic amines) is 1. The predicted molar refractivity (Wildman–Crippen MR) is 87.7 cm³/mol.